The molecule has 0 spiro atoms. The van der Waals surface area contributed by atoms with Gasteiger partial charge in [0, 0.05) is 18.2 Å². The summed E-state index contributed by atoms with van der Waals surface area (Å²) in [5.74, 6) is 0.311. The Morgan fingerprint density at radius 1 is 1.18 bits per heavy atom. The van der Waals surface area contributed by atoms with Gasteiger partial charge in [-0.3, -0.25) is 4.79 Å². The van der Waals surface area contributed by atoms with Crippen LogP contribution < -0.4 is 10.2 Å². The minimum atomic E-state index is -0.173. The summed E-state index contributed by atoms with van der Waals surface area (Å²) in [4.78, 5) is 11.2. The van der Waals surface area contributed by atoms with E-state index in [1.807, 2.05) is 13.0 Å². The lowest BCUT2D eigenvalue weighted by molar-refractivity contribution is -0.566. The van der Waals surface area contributed by atoms with Crippen molar-refractivity contribution >= 4 is 11.1 Å². The van der Waals surface area contributed by atoms with E-state index in [1.54, 1.807) is 12.1 Å². The molecule has 0 atom stereocenters. The molecule has 0 bridgehead atoms. The second-order valence-electron chi connectivity index (χ2n) is 4.00. The molecule has 2 aliphatic rings. The summed E-state index contributed by atoms with van der Waals surface area (Å²) in [6.07, 6.45) is 0. The van der Waals surface area contributed by atoms with Crippen molar-refractivity contribution in [2.24, 2.45) is 0 Å². The number of rotatable bonds is 0. The number of hydrogen-bond donors (Lipinski definition) is 0. The van der Waals surface area contributed by atoms with Crippen molar-refractivity contribution in [1.82, 2.24) is 0 Å². The van der Waals surface area contributed by atoms with Crippen LogP contribution in [0.1, 0.15) is 5.56 Å². The average molecular weight is 227 g/mol. The third kappa shape index (κ3) is 1.45. The number of fused-ring (bicyclic) bond motifs is 2. The molecule has 1 aromatic carbocycles. The van der Waals surface area contributed by atoms with Crippen LogP contribution in [0.3, 0.4) is 0 Å². The van der Waals surface area contributed by atoms with E-state index < -0.39 is 0 Å². The van der Waals surface area contributed by atoms with Crippen molar-refractivity contribution in [3.63, 3.8) is 0 Å². The Labute approximate surface area is 96.7 Å². The Morgan fingerprint density at radius 3 is 2.82 bits per heavy atom. The molecule has 0 unspecified atom stereocenters. The fourth-order valence-corrected chi connectivity index (χ4v) is 1.86. The lowest BCUT2D eigenvalue weighted by atomic mass is 10.2. The Kier molecular flexibility index (Phi) is 1.92. The van der Waals surface area contributed by atoms with Gasteiger partial charge < -0.3 is 9.62 Å². The molecular formula is C13H9NO3. The fourth-order valence-electron chi connectivity index (χ4n) is 1.86. The summed E-state index contributed by atoms with van der Waals surface area (Å²) < 4.78 is 6.35. The Hall–Kier alpha value is -2.36. The molecule has 4 heteroatoms. The van der Waals surface area contributed by atoms with Crippen LogP contribution in [0, 0.1) is 12.1 Å². The summed E-state index contributed by atoms with van der Waals surface area (Å²) in [5.41, 5.74) is 2.13. The van der Waals surface area contributed by atoms with Crippen molar-refractivity contribution in [1.29, 1.82) is 0 Å². The van der Waals surface area contributed by atoms with E-state index in [0.717, 1.165) is 10.3 Å². The number of nitrogens with zero attached hydrogens (tertiary/aromatic N) is 1. The van der Waals surface area contributed by atoms with Crippen LogP contribution in [0.4, 0.5) is 0 Å². The minimum absolute atomic E-state index is 0.173. The molecule has 0 aromatic heterocycles. The minimum Gasteiger partial charge on any atom is -0.618 e. The Morgan fingerprint density at radius 2 is 2.00 bits per heavy atom. The van der Waals surface area contributed by atoms with Gasteiger partial charge in [-0.05, 0) is 24.6 Å². The summed E-state index contributed by atoms with van der Waals surface area (Å²) in [7, 11) is 0. The standard InChI is InChI=1S/C13H9NO3/c1-8-2-4-10-12(6-8)17-13-7-9(15)3-5-11(13)14(10)16/h2-7H,1H3. The molecule has 3 rings (SSSR count). The molecule has 1 aliphatic heterocycles. The maximum absolute atomic E-state index is 12.1. The summed E-state index contributed by atoms with van der Waals surface area (Å²) in [5, 5.41) is 12.1. The van der Waals surface area contributed by atoms with Crippen molar-refractivity contribution in [3.05, 3.63) is 57.4 Å². The highest BCUT2D eigenvalue weighted by Crippen LogP contribution is 2.22. The van der Waals surface area contributed by atoms with E-state index in [2.05, 4.69) is 0 Å². The first-order chi connectivity index (χ1) is 8.15. The summed E-state index contributed by atoms with van der Waals surface area (Å²) in [6, 6.07) is 9.50. The van der Waals surface area contributed by atoms with Gasteiger partial charge in [-0.15, -0.1) is 0 Å². The summed E-state index contributed by atoms with van der Waals surface area (Å²) in [6.45, 7) is 1.92. The predicted octanol–water partition coefficient (Wildman–Crippen LogP) is 1.84. The molecular weight excluding hydrogens is 218 g/mol. The third-order valence-corrected chi connectivity index (χ3v) is 2.70. The van der Waals surface area contributed by atoms with Gasteiger partial charge in [0.2, 0.25) is 11.3 Å². The highest BCUT2D eigenvalue weighted by atomic mass is 16.5. The van der Waals surface area contributed by atoms with E-state index in [-0.39, 0.29) is 5.43 Å². The van der Waals surface area contributed by atoms with Crippen molar-refractivity contribution < 1.29 is 9.15 Å². The van der Waals surface area contributed by atoms with Crippen molar-refractivity contribution in [2.75, 3.05) is 0 Å². The highest BCUT2D eigenvalue weighted by Gasteiger charge is 2.18. The molecule has 0 radical (unpaired) electrons. The molecule has 1 heterocycles. The maximum atomic E-state index is 12.1. The first-order valence-corrected chi connectivity index (χ1v) is 5.22. The van der Waals surface area contributed by atoms with Gasteiger partial charge >= 0.3 is 0 Å². The van der Waals surface area contributed by atoms with Gasteiger partial charge in [0.05, 0.1) is 0 Å². The van der Waals surface area contributed by atoms with Gasteiger partial charge in [0.1, 0.15) is 0 Å². The van der Waals surface area contributed by atoms with Gasteiger partial charge in [-0.25, -0.2) is 0 Å². The lowest BCUT2D eigenvalue weighted by Crippen LogP contribution is -2.31. The topological polar surface area (TPSA) is 57.2 Å². The van der Waals surface area contributed by atoms with Gasteiger partial charge in [-0.1, -0.05) is 6.07 Å². The molecule has 4 nitrogen and oxygen atoms in total. The molecule has 17 heavy (non-hydrogen) atoms. The Bertz CT molecular complexity index is 745. The van der Waals surface area contributed by atoms with Crippen LogP contribution in [-0.2, 0) is 0 Å². The molecule has 0 N–H and O–H groups in total. The molecule has 1 aliphatic carbocycles. The van der Waals surface area contributed by atoms with Crippen LogP contribution in [0.25, 0.3) is 22.6 Å². The predicted molar refractivity (Wildman–Crippen MR) is 62.8 cm³/mol. The molecule has 0 saturated carbocycles. The smallest absolute Gasteiger partial charge is 0.260 e. The fraction of sp³-hybridized carbons (Fsp3) is 0.0769. The number of hydrogen-bond acceptors (Lipinski definition) is 3. The zero-order valence-electron chi connectivity index (χ0n) is 9.14. The second-order valence-corrected chi connectivity index (χ2v) is 4.00. The van der Waals surface area contributed by atoms with Crippen LogP contribution in [0.2, 0.25) is 0 Å². The van der Waals surface area contributed by atoms with Crippen LogP contribution >= 0.6 is 0 Å². The molecule has 0 saturated heterocycles. The first-order valence-electron chi connectivity index (χ1n) is 5.22. The van der Waals surface area contributed by atoms with Crippen LogP contribution in [0.5, 0.6) is 0 Å². The maximum Gasteiger partial charge on any atom is 0.260 e. The van der Waals surface area contributed by atoms with E-state index in [1.165, 1.54) is 18.2 Å². The first kappa shape index (κ1) is 9.84. The zero-order chi connectivity index (χ0) is 12.0. The Balaban J connectivity index is 2.53. The van der Waals surface area contributed by atoms with Gasteiger partial charge in [0.15, 0.2) is 5.43 Å². The SMILES string of the molecule is Cc1ccc2c(c1)oc1cc(=O)ccc-1[n+]2[O-]. The quantitative estimate of drug-likeness (QED) is 0.334. The zero-order valence-corrected chi connectivity index (χ0v) is 9.14. The highest BCUT2D eigenvalue weighted by molar-refractivity contribution is 5.72. The van der Waals surface area contributed by atoms with E-state index >= 15 is 0 Å². The van der Waals surface area contributed by atoms with E-state index in [4.69, 9.17) is 4.42 Å². The van der Waals surface area contributed by atoms with Gasteiger partial charge in [0.25, 0.3) is 11.2 Å². The monoisotopic (exact) mass is 227 g/mol. The number of aryl methyl sites for hydroxylation is 1. The van der Waals surface area contributed by atoms with E-state index in [9.17, 15) is 10.0 Å². The third-order valence-electron chi connectivity index (χ3n) is 2.70. The lowest BCUT2D eigenvalue weighted by Gasteiger charge is -2.08. The van der Waals surface area contributed by atoms with Crippen LogP contribution in [0.15, 0.2) is 45.6 Å². The number of benzene rings is 2. The summed E-state index contributed by atoms with van der Waals surface area (Å²) >= 11 is 0. The molecule has 84 valence electrons. The second kappa shape index (κ2) is 3.31. The molecule has 0 fully saturated rings. The molecule has 1 aromatic rings. The van der Waals surface area contributed by atoms with Crippen LogP contribution in [-0.4, -0.2) is 0 Å². The normalized spacial score (nSPS) is 11.1. The van der Waals surface area contributed by atoms with Crippen molar-refractivity contribution in [2.45, 2.75) is 6.92 Å². The van der Waals surface area contributed by atoms with Crippen molar-refractivity contribution in [3.8, 4) is 11.5 Å². The molecule has 0 amide bonds. The number of aromatic nitrogens is 1. The average Bonchev–Trinajstić information content (AvgIpc) is 2.28. The van der Waals surface area contributed by atoms with E-state index in [0.29, 0.717) is 22.6 Å². The van der Waals surface area contributed by atoms with Gasteiger partial charge in [-0.2, -0.15) is 4.73 Å². The largest absolute Gasteiger partial charge is 0.618 e.